The molecule has 0 aromatic carbocycles. The number of carbonyl (C=O) groups is 1. The number of rotatable bonds is 5. The Balaban J connectivity index is 2.28. The maximum atomic E-state index is 12.9. The van der Waals surface area contributed by atoms with E-state index < -0.39 is 17.8 Å². The third-order valence-corrected chi connectivity index (χ3v) is 3.69. The Hall–Kier alpha value is -2.85. The summed E-state index contributed by atoms with van der Waals surface area (Å²) in [5.41, 5.74) is 0.0892. The number of nitrogens with zero attached hydrogens (tertiary/aromatic N) is 5. The fourth-order valence-corrected chi connectivity index (χ4v) is 2.25. The van der Waals surface area contributed by atoms with Gasteiger partial charge in [-0.1, -0.05) is 0 Å². The van der Waals surface area contributed by atoms with Gasteiger partial charge in [-0.3, -0.25) is 9.48 Å². The zero-order valence-corrected chi connectivity index (χ0v) is 15.0. The summed E-state index contributed by atoms with van der Waals surface area (Å²) < 4.78 is 40.2. The average molecular weight is 371 g/mol. The number of amides is 1. The molecule has 0 aliphatic carbocycles. The molecule has 2 N–H and O–H groups in total. The summed E-state index contributed by atoms with van der Waals surface area (Å²) in [5, 5.41) is 9.51. The van der Waals surface area contributed by atoms with E-state index >= 15 is 0 Å². The van der Waals surface area contributed by atoms with Crippen LogP contribution in [-0.2, 0) is 11.0 Å². The molecule has 0 saturated heterocycles. The predicted octanol–water partition coefficient (Wildman–Crippen LogP) is 2.43. The molecule has 8 nitrogen and oxygen atoms in total. The van der Waals surface area contributed by atoms with Gasteiger partial charge in [0.1, 0.15) is 17.4 Å². The summed E-state index contributed by atoms with van der Waals surface area (Å²) in [6, 6.07) is -0.527. The van der Waals surface area contributed by atoms with E-state index in [0.29, 0.717) is 17.6 Å². The standard InChI is InChI=1S/C15H20F3N7O/c1-8-11(7-25(23-8)9(2)13(26)24(4)5)21-14-20-6-10(15(16,17)18)12(19-3)22-14/h6-7,9H,1-5H3,(H2,19,20,21,22). The zero-order valence-electron chi connectivity index (χ0n) is 15.0. The van der Waals surface area contributed by atoms with Crippen LogP contribution in [0.1, 0.15) is 24.2 Å². The molecule has 1 amide bonds. The van der Waals surface area contributed by atoms with E-state index in [0.717, 1.165) is 0 Å². The highest BCUT2D eigenvalue weighted by atomic mass is 19.4. The van der Waals surface area contributed by atoms with Gasteiger partial charge in [0, 0.05) is 33.5 Å². The van der Waals surface area contributed by atoms with E-state index in [1.807, 2.05) is 0 Å². The molecule has 0 saturated carbocycles. The summed E-state index contributed by atoms with van der Waals surface area (Å²) in [4.78, 5) is 21.1. The number of hydrogen-bond acceptors (Lipinski definition) is 6. The van der Waals surface area contributed by atoms with Crippen LogP contribution in [0, 0.1) is 6.92 Å². The van der Waals surface area contributed by atoms with Crippen LogP contribution in [0.15, 0.2) is 12.4 Å². The first-order valence-corrected chi connectivity index (χ1v) is 7.70. The maximum Gasteiger partial charge on any atom is 0.421 e. The molecule has 2 rings (SSSR count). The van der Waals surface area contributed by atoms with Gasteiger partial charge < -0.3 is 15.5 Å². The molecule has 2 heterocycles. The minimum absolute atomic E-state index is 0.0170. The summed E-state index contributed by atoms with van der Waals surface area (Å²) in [7, 11) is 4.63. The molecule has 1 unspecified atom stereocenters. The van der Waals surface area contributed by atoms with Crippen LogP contribution in [0.5, 0.6) is 0 Å². The SMILES string of the molecule is CNc1nc(Nc2cn(C(C)C(=O)N(C)C)nc2C)ncc1C(F)(F)F. The fraction of sp³-hybridized carbons (Fsp3) is 0.467. The third-order valence-electron chi connectivity index (χ3n) is 3.69. The first-order chi connectivity index (χ1) is 12.0. The smallest absolute Gasteiger partial charge is 0.372 e. The molecule has 0 spiro atoms. The molecule has 0 bridgehead atoms. The van der Waals surface area contributed by atoms with Crippen molar-refractivity contribution < 1.29 is 18.0 Å². The normalized spacial score (nSPS) is 12.6. The number of anilines is 3. The van der Waals surface area contributed by atoms with Gasteiger partial charge in [0.15, 0.2) is 0 Å². The number of aromatic nitrogens is 4. The van der Waals surface area contributed by atoms with Gasteiger partial charge in [0.05, 0.1) is 11.4 Å². The predicted molar refractivity (Wildman–Crippen MR) is 90.2 cm³/mol. The number of alkyl halides is 3. The number of aryl methyl sites for hydroxylation is 1. The van der Waals surface area contributed by atoms with Crippen molar-refractivity contribution in [3.05, 3.63) is 23.7 Å². The van der Waals surface area contributed by atoms with Gasteiger partial charge in [-0.25, -0.2) is 4.98 Å². The lowest BCUT2D eigenvalue weighted by Crippen LogP contribution is -2.30. The van der Waals surface area contributed by atoms with Crippen LogP contribution in [0.25, 0.3) is 0 Å². The topological polar surface area (TPSA) is 88.0 Å². The summed E-state index contributed by atoms with van der Waals surface area (Å²) in [5.74, 6) is -0.491. The van der Waals surface area contributed by atoms with Gasteiger partial charge in [-0.2, -0.15) is 23.3 Å². The molecule has 0 radical (unpaired) electrons. The number of carbonyl (C=O) groups excluding carboxylic acids is 1. The van der Waals surface area contributed by atoms with Crippen LogP contribution in [0.4, 0.5) is 30.6 Å². The van der Waals surface area contributed by atoms with Crippen molar-refractivity contribution >= 4 is 23.4 Å². The number of hydrogen-bond donors (Lipinski definition) is 2. The van der Waals surface area contributed by atoms with Gasteiger partial charge in [-0.05, 0) is 13.8 Å². The molecular formula is C15H20F3N7O. The van der Waals surface area contributed by atoms with Crippen LogP contribution in [0.2, 0.25) is 0 Å². The second-order valence-corrected chi connectivity index (χ2v) is 5.85. The Kier molecular flexibility index (Phi) is 5.38. The Labute approximate surface area is 148 Å². The molecule has 2 aromatic heterocycles. The van der Waals surface area contributed by atoms with Crippen molar-refractivity contribution in [2.45, 2.75) is 26.1 Å². The minimum Gasteiger partial charge on any atom is -0.372 e. The largest absolute Gasteiger partial charge is 0.421 e. The van der Waals surface area contributed by atoms with E-state index in [-0.39, 0.29) is 17.7 Å². The van der Waals surface area contributed by atoms with Crippen molar-refractivity contribution in [1.82, 2.24) is 24.6 Å². The van der Waals surface area contributed by atoms with Crippen LogP contribution in [0.3, 0.4) is 0 Å². The average Bonchev–Trinajstić information content (AvgIpc) is 2.92. The molecule has 0 aliphatic rings. The lowest BCUT2D eigenvalue weighted by Gasteiger charge is -2.16. The van der Waals surface area contributed by atoms with E-state index in [1.165, 1.54) is 16.6 Å². The van der Waals surface area contributed by atoms with Crippen molar-refractivity contribution in [1.29, 1.82) is 0 Å². The second kappa shape index (κ2) is 7.18. The highest BCUT2D eigenvalue weighted by Crippen LogP contribution is 2.34. The number of halogens is 3. The van der Waals surface area contributed by atoms with E-state index in [2.05, 4.69) is 25.7 Å². The molecule has 0 aliphatic heterocycles. The summed E-state index contributed by atoms with van der Waals surface area (Å²) >= 11 is 0. The molecule has 142 valence electrons. The van der Waals surface area contributed by atoms with E-state index in [4.69, 9.17) is 0 Å². The zero-order chi connectivity index (χ0) is 19.6. The molecular weight excluding hydrogens is 351 g/mol. The first-order valence-electron chi connectivity index (χ1n) is 7.70. The van der Waals surface area contributed by atoms with Gasteiger partial charge in [0.2, 0.25) is 11.9 Å². The lowest BCUT2D eigenvalue weighted by atomic mass is 10.3. The fourth-order valence-electron chi connectivity index (χ4n) is 2.25. The lowest BCUT2D eigenvalue weighted by molar-refractivity contribution is -0.137. The van der Waals surface area contributed by atoms with E-state index in [9.17, 15) is 18.0 Å². The Bertz CT molecular complexity index is 801. The summed E-state index contributed by atoms with van der Waals surface area (Å²) in [6.45, 7) is 3.40. The first kappa shape index (κ1) is 19.5. The minimum atomic E-state index is -4.56. The van der Waals surface area contributed by atoms with Crippen molar-refractivity contribution in [3.8, 4) is 0 Å². The van der Waals surface area contributed by atoms with Gasteiger partial charge >= 0.3 is 6.18 Å². The van der Waals surface area contributed by atoms with Crippen LogP contribution in [-0.4, -0.2) is 51.7 Å². The highest BCUT2D eigenvalue weighted by molar-refractivity contribution is 5.79. The van der Waals surface area contributed by atoms with Crippen LogP contribution < -0.4 is 10.6 Å². The molecule has 2 aromatic rings. The molecule has 26 heavy (non-hydrogen) atoms. The van der Waals surface area contributed by atoms with Crippen LogP contribution >= 0.6 is 0 Å². The van der Waals surface area contributed by atoms with Gasteiger partial charge in [0.25, 0.3) is 0 Å². The van der Waals surface area contributed by atoms with Crippen molar-refractivity contribution in [2.24, 2.45) is 0 Å². The number of nitrogens with one attached hydrogen (secondary N) is 2. The van der Waals surface area contributed by atoms with Crippen molar-refractivity contribution in [3.63, 3.8) is 0 Å². The monoisotopic (exact) mass is 371 g/mol. The maximum absolute atomic E-state index is 12.9. The molecule has 11 heteroatoms. The van der Waals surface area contributed by atoms with Gasteiger partial charge in [-0.15, -0.1) is 0 Å². The summed E-state index contributed by atoms with van der Waals surface area (Å²) in [6.07, 6.45) is -2.26. The molecule has 1 atom stereocenters. The Morgan fingerprint density at radius 1 is 1.35 bits per heavy atom. The number of likely N-dealkylation sites (N-methyl/N-ethyl adjacent to an activating group) is 1. The van der Waals surface area contributed by atoms with E-state index in [1.54, 1.807) is 34.1 Å². The highest BCUT2D eigenvalue weighted by Gasteiger charge is 2.35. The second-order valence-electron chi connectivity index (χ2n) is 5.85. The Morgan fingerprint density at radius 2 is 2.00 bits per heavy atom. The molecule has 0 fully saturated rings. The Morgan fingerprint density at radius 3 is 2.54 bits per heavy atom. The quantitative estimate of drug-likeness (QED) is 0.839. The third kappa shape index (κ3) is 4.03. The van der Waals surface area contributed by atoms with Crippen molar-refractivity contribution in [2.75, 3.05) is 31.8 Å².